The van der Waals surface area contributed by atoms with E-state index in [0.29, 0.717) is 65.6 Å². The number of rotatable bonds is 5. The van der Waals surface area contributed by atoms with Gasteiger partial charge < -0.3 is 24.3 Å². The number of nitrogens with one attached hydrogen (secondary N) is 1. The fourth-order valence-electron chi connectivity index (χ4n) is 4.91. The first-order valence-electron chi connectivity index (χ1n) is 11.2. The van der Waals surface area contributed by atoms with E-state index in [1.54, 1.807) is 23.4 Å². The number of nitrogens with zero attached hydrogens (tertiary/aromatic N) is 3. The van der Waals surface area contributed by atoms with Crippen LogP contribution in [-0.4, -0.2) is 59.2 Å². The minimum Gasteiger partial charge on any atom is -0.485 e. The Kier molecular flexibility index (Phi) is 6.47. The standard InChI is InChI=1S/C23H31ClN4O4/c1-5-31-23(7-10-28(11-8-23)15(3)29)18-12-17-19(27(4)22(18)30)20(14(2)26-21(17)24)32-16-6-9-25-13-16/h12,16,25H,5-11,13H2,1-4H3/t16-/m1/s1. The summed E-state index contributed by atoms with van der Waals surface area (Å²) in [5, 5.41) is 4.30. The van der Waals surface area contributed by atoms with Crippen LogP contribution < -0.4 is 15.6 Å². The molecule has 174 valence electrons. The summed E-state index contributed by atoms with van der Waals surface area (Å²) < 4.78 is 14.1. The fraction of sp³-hybridized carbons (Fsp3) is 0.609. The van der Waals surface area contributed by atoms with E-state index < -0.39 is 5.60 Å². The van der Waals surface area contributed by atoms with Gasteiger partial charge in [0.25, 0.3) is 5.56 Å². The van der Waals surface area contributed by atoms with Gasteiger partial charge in [0.05, 0.1) is 16.8 Å². The molecule has 0 spiro atoms. The highest BCUT2D eigenvalue weighted by Gasteiger charge is 2.40. The van der Waals surface area contributed by atoms with Gasteiger partial charge in [-0.2, -0.15) is 0 Å². The van der Waals surface area contributed by atoms with Crippen molar-refractivity contribution in [2.75, 3.05) is 32.8 Å². The molecule has 4 rings (SSSR count). The number of hydrogen-bond acceptors (Lipinski definition) is 6. The lowest BCUT2D eigenvalue weighted by Crippen LogP contribution is -2.48. The smallest absolute Gasteiger partial charge is 0.257 e. The molecule has 1 atom stereocenters. The van der Waals surface area contributed by atoms with Crippen LogP contribution in [0, 0.1) is 6.92 Å². The minimum atomic E-state index is -0.770. The Morgan fingerprint density at radius 2 is 2.09 bits per heavy atom. The maximum absolute atomic E-state index is 13.7. The second-order valence-corrected chi connectivity index (χ2v) is 9.03. The first kappa shape index (κ1) is 23.0. The lowest BCUT2D eigenvalue weighted by Gasteiger charge is -2.41. The van der Waals surface area contributed by atoms with Crippen LogP contribution in [0.5, 0.6) is 5.75 Å². The van der Waals surface area contributed by atoms with Gasteiger partial charge in [0, 0.05) is 45.6 Å². The van der Waals surface area contributed by atoms with Crippen LogP contribution in [0.1, 0.15) is 44.4 Å². The molecular weight excluding hydrogens is 432 g/mol. The zero-order valence-corrected chi connectivity index (χ0v) is 19.9. The Bertz CT molecular complexity index is 1090. The monoisotopic (exact) mass is 462 g/mol. The highest BCUT2D eigenvalue weighted by molar-refractivity contribution is 6.34. The van der Waals surface area contributed by atoms with E-state index in [2.05, 4.69) is 10.3 Å². The summed E-state index contributed by atoms with van der Waals surface area (Å²) >= 11 is 6.59. The number of hydrogen-bond donors (Lipinski definition) is 1. The van der Waals surface area contributed by atoms with Crippen molar-refractivity contribution in [3.05, 3.63) is 32.8 Å². The van der Waals surface area contributed by atoms with Crippen molar-refractivity contribution in [2.45, 2.75) is 51.7 Å². The van der Waals surface area contributed by atoms with E-state index in [1.165, 1.54) is 0 Å². The maximum Gasteiger partial charge on any atom is 0.257 e. The van der Waals surface area contributed by atoms with Crippen LogP contribution in [0.15, 0.2) is 10.9 Å². The van der Waals surface area contributed by atoms with Crippen molar-refractivity contribution in [3.63, 3.8) is 0 Å². The van der Waals surface area contributed by atoms with Crippen molar-refractivity contribution in [3.8, 4) is 5.75 Å². The van der Waals surface area contributed by atoms with Crippen molar-refractivity contribution in [1.82, 2.24) is 19.8 Å². The van der Waals surface area contributed by atoms with Gasteiger partial charge >= 0.3 is 0 Å². The third kappa shape index (κ3) is 4.00. The number of piperidine rings is 1. The van der Waals surface area contributed by atoms with Gasteiger partial charge in [-0.3, -0.25) is 9.59 Å². The molecule has 0 unspecified atom stereocenters. The molecular formula is C23H31ClN4O4. The summed E-state index contributed by atoms with van der Waals surface area (Å²) in [6.45, 7) is 8.54. The number of aromatic nitrogens is 2. The van der Waals surface area contributed by atoms with E-state index in [0.717, 1.165) is 19.5 Å². The predicted molar refractivity (Wildman–Crippen MR) is 123 cm³/mol. The summed E-state index contributed by atoms with van der Waals surface area (Å²) in [6, 6.07) is 1.82. The lowest BCUT2D eigenvalue weighted by atomic mass is 9.84. The Morgan fingerprint density at radius 3 is 2.69 bits per heavy atom. The normalized spacial score (nSPS) is 20.7. The zero-order valence-electron chi connectivity index (χ0n) is 19.2. The van der Waals surface area contributed by atoms with E-state index in [4.69, 9.17) is 21.1 Å². The van der Waals surface area contributed by atoms with Crippen LogP contribution in [0.2, 0.25) is 5.15 Å². The number of aryl methyl sites for hydroxylation is 2. The number of pyridine rings is 2. The minimum absolute atomic E-state index is 0.0281. The first-order chi connectivity index (χ1) is 15.3. The molecule has 9 heteroatoms. The molecule has 2 fully saturated rings. The molecule has 8 nitrogen and oxygen atoms in total. The Hall–Kier alpha value is -2.16. The van der Waals surface area contributed by atoms with E-state index in [1.807, 2.05) is 19.9 Å². The van der Waals surface area contributed by atoms with Crippen molar-refractivity contribution >= 4 is 28.4 Å². The second-order valence-electron chi connectivity index (χ2n) is 8.67. The third-order valence-corrected chi connectivity index (χ3v) is 6.96. The molecule has 0 aromatic carbocycles. The van der Waals surface area contributed by atoms with Gasteiger partial charge in [-0.05, 0) is 45.7 Å². The average Bonchev–Trinajstić information content (AvgIpc) is 3.27. The van der Waals surface area contributed by atoms with Crippen LogP contribution in [0.3, 0.4) is 0 Å². The van der Waals surface area contributed by atoms with Gasteiger partial charge in [0.15, 0.2) is 5.75 Å². The molecule has 2 aliphatic heterocycles. The van der Waals surface area contributed by atoms with Gasteiger partial charge in [-0.25, -0.2) is 4.98 Å². The molecule has 1 amide bonds. The van der Waals surface area contributed by atoms with E-state index >= 15 is 0 Å². The quantitative estimate of drug-likeness (QED) is 0.687. The summed E-state index contributed by atoms with van der Waals surface area (Å²) in [4.78, 5) is 31.8. The molecule has 0 radical (unpaired) electrons. The first-order valence-corrected chi connectivity index (χ1v) is 11.6. The number of halogens is 1. The SMILES string of the molecule is CCOC1(c2cc3c(Cl)nc(C)c(O[C@@H]4CCNC4)c3n(C)c2=O)CCN(C(C)=O)CC1. The molecule has 2 aromatic heterocycles. The van der Waals surface area contributed by atoms with Crippen molar-refractivity contribution in [1.29, 1.82) is 0 Å². The number of likely N-dealkylation sites (tertiary alicyclic amines) is 1. The van der Waals surface area contributed by atoms with Crippen LogP contribution >= 0.6 is 11.6 Å². The average molecular weight is 463 g/mol. The van der Waals surface area contributed by atoms with Crippen molar-refractivity contribution in [2.24, 2.45) is 7.05 Å². The van der Waals surface area contributed by atoms with Gasteiger partial charge in [-0.1, -0.05) is 11.6 Å². The lowest BCUT2D eigenvalue weighted by molar-refractivity contribution is -0.136. The Balaban J connectivity index is 1.85. The molecule has 0 saturated carbocycles. The molecule has 4 heterocycles. The predicted octanol–water partition coefficient (Wildman–Crippen LogP) is 2.51. The Morgan fingerprint density at radius 1 is 1.38 bits per heavy atom. The van der Waals surface area contributed by atoms with E-state index in [-0.39, 0.29) is 17.6 Å². The fourth-order valence-corrected chi connectivity index (χ4v) is 5.18. The number of amides is 1. The largest absolute Gasteiger partial charge is 0.485 e. The topological polar surface area (TPSA) is 85.7 Å². The summed E-state index contributed by atoms with van der Waals surface area (Å²) in [5.41, 5.74) is 0.952. The van der Waals surface area contributed by atoms with Gasteiger partial charge in [0.2, 0.25) is 5.91 Å². The summed E-state index contributed by atoms with van der Waals surface area (Å²) in [7, 11) is 1.74. The van der Waals surface area contributed by atoms with E-state index in [9.17, 15) is 9.59 Å². The second kappa shape index (κ2) is 9.00. The zero-order chi connectivity index (χ0) is 23.0. The highest BCUT2D eigenvalue weighted by Crippen LogP contribution is 2.39. The maximum atomic E-state index is 13.7. The number of ether oxygens (including phenoxy) is 2. The summed E-state index contributed by atoms with van der Waals surface area (Å²) in [6.07, 6.45) is 2.03. The Labute approximate surface area is 192 Å². The number of carbonyl (C=O) groups excluding carboxylic acids is 1. The van der Waals surface area contributed by atoms with Gasteiger partial charge in [0.1, 0.15) is 16.9 Å². The molecule has 1 N–H and O–H groups in total. The highest BCUT2D eigenvalue weighted by atomic mass is 35.5. The number of carbonyl (C=O) groups is 1. The molecule has 0 aliphatic carbocycles. The molecule has 2 aliphatic rings. The summed E-state index contributed by atoms with van der Waals surface area (Å²) in [5.74, 6) is 0.633. The number of fused-ring (bicyclic) bond motifs is 1. The molecule has 32 heavy (non-hydrogen) atoms. The van der Waals surface area contributed by atoms with Crippen LogP contribution in [0.4, 0.5) is 0 Å². The third-order valence-electron chi connectivity index (χ3n) is 6.67. The molecule has 0 bridgehead atoms. The molecule has 2 saturated heterocycles. The van der Waals surface area contributed by atoms with Crippen molar-refractivity contribution < 1.29 is 14.3 Å². The van der Waals surface area contributed by atoms with Gasteiger partial charge in [-0.15, -0.1) is 0 Å². The van der Waals surface area contributed by atoms with Crippen LogP contribution in [-0.2, 0) is 22.2 Å². The molecule has 2 aromatic rings. The van der Waals surface area contributed by atoms with Crippen LogP contribution in [0.25, 0.3) is 10.9 Å².